The highest BCUT2D eigenvalue weighted by molar-refractivity contribution is 6.02. The van der Waals surface area contributed by atoms with E-state index in [0.29, 0.717) is 18.0 Å². The Labute approximate surface area is 164 Å². The SMILES string of the molecule is CCn1cc(NC(=O)Cn2nc(C(F)F)cc2C)c(C(=O)NCc2ccco2)n1. The minimum atomic E-state index is -2.72. The Hall–Kier alpha value is -3.50. The van der Waals surface area contributed by atoms with Crippen molar-refractivity contribution in [3.8, 4) is 0 Å². The molecule has 0 fully saturated rings. The zero-order valence-electron chi connectivity index (χ0n) is 15.9. The Morgan fingerprint density at radius 3 is 2.72 bits per heavy atom. The molecule has 0 bridgehead atoms. The van der Waals surface area contributed by atoms with E-state index in [1.54, 1.807) is 19.1 Å². The number of amides is 2. The van der Waals surface area contributed by atoms with Crippen LogP contribution in [0.3, 0.4) is 0 Å². The maximum Gasteiger partial charge on any atom is 0.282 e. The van der Waals surface area contributed by atoms with Crippen LogP contribution in [0.15, 0.2) is 35.1 Å². The molecule has 11 heteroatoms. The Morgan fingerprint density at radius 2 is 2.10 bits per heavy atom. The first kappa shape index (κ1) is 20.2. The second kappa shape index (κ2) is 8.67. The van der Waals surface area contributed by atoms with E-state index >= 15 is 0 Å². The molecule has 0 saturated heterocycles. The van der Waals surface area contributed by atoms with Gasteiger partial charge in [-0.1, -0.05) is 0 Å². The van der Waals surface area contributed by atoms with Crippen LogP contribution in [0, 0.1) is 6.92 Å². The molecule has 3 heterocycles. The molecule has 9 nitrogen and oxygen atoms in total. The van der Waals surface area contributed by atoms with Gasteiger partial charge in [-0.25, -0.2) is 8.78 Å². The summed E-state index contributed by atoms with van der Waals surface area (Å²) in [6.45, 7) is 3.80. The lowest BCUT2D eigenvalue weighted by Crippen LogP contribution is -2.26. The second-order valence-corrected chi connectivity index (χ2v) is 6.23. The highest BCUT2D eigenvalue weighted by atomic mass is 19.3. The van der Waals surface area contributed by atoms with Crippen molar-refractivity contribution in [1.29, 1.82) is 0 Å². The fraction of sp³-hybridized carbons (Fsp3) is 0.333. The van der Waals surface area contributed by atoms with Gasteiger partial charge < -0.3 is 15.1 Å². The maximum atomic E-state index is 12.8. The number of carbonyl (C=O) groups excluding carboxylic acids is 2. The molecule has 0 radical (unpaired) electrons. The molecule has 2 N–H and O–H groups in total. The Balaban J connectivity index is 1.70. The summed E-state index contributed by atoms with van der Waals surface area (Å²) >= 11 is 0. The number of aromatic nitrogens is 4. The Kier molecular flexibility index (Phi) is 6.05. The molecule has 29 heavy (non-hydrogen) atoms. The third-order valence-electron chi connectivity index (χ3n) is 4.10. The van der Waals surface area contributed by atoms with Gasteiger partial charge in [0.25, 0.3) is 12.3 Å². The molecule has 0 aliphatic carbocycles. The number of anilines is 1. The van der Waals surface area contributed by atoms with Gasteiger partial charge in [0.05, 0.1) is 18.5 Å². The maximum absolute atomic E-state index is 12.8. The minimum Gasteiger partial charge on any atom is -0.467 e. The lowest BCUT2D eigenvalue weighted by atomic mass is 10.3. The van der Waals surface area contributed by atoms with Gasteiger partial charge in [0.2, 0.25) is 5.91 Å². The number of nitrogens with zero attached hydrogens (tertiary/aromatic N) is 4. The summed E-state index contributed by atoms with van der Waals surface area (Å²) in [6.07, 6.45) is 0.306. The van der Waals surface area contributed by atoms with Gasteiger partial charge in [-0.15, -0.1) is 0 Å². The van der Waals surface area contributed by atoms with E-state index in [9.17, 15) is 18.4 Å². The lowest BCUT2D eigenvalue weighted by molar-refractivity contribution is -0.117. The molecular formula is C18H20F2N6O3. The van der Waals surface area contributed by atoms with Crippen molar-refractivity contribution in [2.24, 2.45) is 0 Å². The highest BCUT2D eigenvalue weighted by Gasteiger charge is 2.20. The topological polar surface area (TPSA) is 107 Å². The van der Waals surface area contributed by atoms with Crippen molar-refractivity contribution >= 4 is 17.5 Å². The molecule has 3 aromatic heterocycles. The molecule has 0 saturated carbocycles. The first-order chi connectivity index (χ1) is 13.9. The van der Waals surface area contributed by atoms with Crippen molar-refractivity contribution in [1.82, 2.24) is 24.9 Å². The van der Waals surface area contributed by atoms with Crippen LogP contribution in [0.4, 0.5) is 14.5 Å². The van der Waals surface area contributed by atoms with Crippen molar-refractivity contribution in [3.63, 3.8) is 0 Å². The van der Waals surface area contributed by atoms with Crippen LogP contribution >= 0.6 is 0 Å². The van der Waals surface area contributed by atoms with E-state index in [1.807, 2.05) is 6.92 Å². The molecule has 0 atom stereocenters. The summed E-state index contributed by atoms with van der Waals surface area (Å²) in [4.78, 5) is 24.9. The largest absolute Gasteiger partial charge is 0.467 e. The summed E-state index contributed by atoms with van der Waals surface area (Å²) in [6, 6.07) is 4.64. The first-order valence-electron chi connectivity index (χ1n) is 8.87. The van der Waals surface area contributed by atoms with Crippen LogP contribution in [-0.2, 0) is 24.4 Å². The molecule has 0 spiro atoms. The standard InChI is InChI=1S/C18H20F2N6O3/c1-3-25-9-14(16(24-25)18(28)21-8-12-5-4-6-29-12)22-15(27)10-26-11(2)7-13(23-26)17(19)20/h4-7,9,17H,3,8,10H2,1-2H3,(H,21,28)(H,22,27). The molecule has 0 aliphatic rings. The molecule has 0 unspecified atom stereocenters. The zero-order valence-corrected chi connectivity index (χ0v) is 15.9. The van der Waals surface area contributed by atoms with Crippen molar-refractivity contribution in [2.75, 3.05) is 5.32 Å². The van der Waals surface area contributed by atoms with E-state index < -0.39 is 23.9 Å². The van der Waals surface area contributed by atoms with Crippen LogP contribution in [-0.4, -0.2) is 31.4 Å². The van der Waals surface area contributed by atoms with Gasteiger partial charge in [-0.2, -0.15) is 10.2 Å². The third-order valence-corrected chi connectivity index (χ3v) is 4.10. The van der Waals surface area contributed by atoms with Crippen LogP contribution in [0.2, 0.25) is 0 Å². The first-order valence-corrected chi connectivity index (χ1v) is 8.87. The van der Waals surface area contributed by atoms with Gasteiger partial charge in [0.15, 0.2) is 5.69 Å². The predicted octanol–water partition coefficient (Wildman–Crippen LogP) is 2.51. The van der Waals surface area contributed by atoms with Crippen LogP contribution in [0.1, 0.15) is 41.0 Å². The molecule has 154 valence electrons. The van der Waals surface area contributed by atoms with E-state index in [2.05, 4.69) is 20.8 Å². The fourth-order valence-corrected chi connectivity index (χ4v) is 2.63. The van der Waals surface area contributed by atoms with Gasteiger partial charge in [0.1, 0.15) is 18.0 Å². The molecule has 3 aromatic rings. The summed E-state index contributed by atoms with van der Waals surface area (Å²) in [5.41, 5.74) is 0.285. The number of hydrogen-bond donors (Lipinski definition) is 2. The van der Waals surface area contributed by atoms with E-state index in [4.69, 9.17) is 4.42 Å². The van der Waals surface area contributed by atoms with Gasteiger partial charge in [0, 0.05) is 18.4 Å². The number of hydrogen-bond acceptors (Lipinski definition) is 5. The van der Waals surface area contributed by atoms with Gasteiger partial charge in [-0.3, -0.25) is 19.0 Å². The minimum absolute atomic E-state index is 0.0391. The molecular weight excluding hydrogens is 386 g/mol. The number of carbonyl (C=O) groups is 2. The number of furan rings is 1. The normalized spacial score (nSPS) is 11.1. The summed E-state index contributed by atoms with van der Waals surface area (Å²) in [7, 11) is 0. The summed E-state index contributed by atoms with van der Waals surface area (Å²) < 4.78 is 33.4. The second-order valence-electron chi connectivity index (χ2n) is 6.23. The van der Waals surface area contributed by atoms with Crippen molar-refractivity contribution < 1.29 is 22.8 Å². The third kappa shape index (κ3) is 4.86. The van der Waals surface area contributed by atoms with Crippen molar-refractivity contribution in [3.05, 3.63) is 53.5 Å². The molecule has 3 rings (SSSR count). The lowest BCUT2D eigenvalue weighted by Gasteiger charge is -2.07. The average molecular weight is 406 g/mol. The smallest absolute Gasteiger partial charge is 0.282 e. The fourth-order valence-electron chi connectivity index (χ4n) is 2.63. The molecule has 0 aromatic carbocycles. The quantitative estimate of drug-likeness (QED) is 0.598. The van der Waals surface area contributed by atoms with E-state index in [1.165, 1.54) is 27.9 Å². The van der Waals surface area contributed by atoms with Gasteiger partial charge in [-0.05, 0) is 32.0 Å². The molecule has 0 aliphatic heterocycles. The molecule has 2 amide bonds. The predicted molar refractivity (Wildman–Crippen MR) is 98.3 cm³/mol. The van der Waals surface area contributed by atoms with E-state index in [-0.39, 0.29) is 24.5 Å². The van der Waals surface area contributed by atoms with Gasteiger partial charge >= 0.3 is 0 Å². The number of rotatable bonds is 8. The number of alkyl halides is 2. The number of nitrogens with one attached hydrogen (secondary N) is 2. The van der Waals surface area contributed by atoms with Crippen LogP contribution in [0.25, 0.3) is 0 Å². The Bertz CT molecular complexity index is 994. The zero-order chi connectivity index (χ0) is 21.0. The monoisotopic (exact) mass is 406 g/mol. The van der Waals surface area contributed by atoms with Crippen LogP contribution in [0.5, 0.6) is 0 Å². The van der Waals surface area contributed by atoms with Crippen LogP contribution < -0.4 is 10.6 Å². The number of aryl methyl sites for hydroxylation is 2. The summed E-state index contributed by atoms with van der Waals surface area (Å²) in [5, 5.41) is 13.2. The van der Waals surface area contributed by atoms with E-state index in [0.717, 1.165) is 0 Å². The highest BCUT2D eigenvalue weighted by Crippen LogP contribution is 2.18. The average Bonchev–Trinajstić information content (AvgIpc) is 3.40. The van der Waals surface area contributed by atoms with Crippen molar-refractivity contribution in [2.45, 2.75) is 39.9 Å². The Morgan fingerprint density at radius 1 is 1.31 bits per heavy atom. The summed E-state index contributed by atoms with van der Waals surface area (Å²) in [5.74, 6) is -0.435. The number of halogens is 2.